The van der Waals surface area contributed by atoms with Crippen LogP contribution in [0.2, 0.25) is 5.02 Å². The molecule has 0 unspecified atom stereocenters. The molecule has 0 N–H and O–H groups in total. The van der Waals surface area contributed by atoms with Gasteiger partial charge in [0, 0.05) is 11.6 Å². The fourth-order valence-corrected chi connectivity index (χ4v) is 3.22. The highest BCUT2D eigenvalue weighted by Gasteiger charge is 2.21. The molecule has 0 atom stereocenters. The lowest BCUT2D eigenvalue weighted by Crippen LogP contribution is -2.23. The average molecular weight is 290 g/mol. The fourth-order valence-electron chi connectivity index (χ4n) is 3.02. The van der Waals surface area contributed by atoms with Crippen molar-refractivity contribution in [2.45, 2.75) is 45.1 Å². The van der Waals surface area contributed by atoms with Gasteiger partial charge in [0.05, 0.1) is 16.6 Å². The Morgan fingerprint density at radius 2 is 2.00 bits per heavy atom. The van der Waals surface area contributed by atoms with E-state index in [1.54, 1.807) is 6.20 Å². The molecule has 1 aromatic heterocycles. The van der Waals surface area contributed by atoms with Gasteiger partial charge in [-0.05, 0) is 55.9 Å². The maximum atomic E-state index is 6.21. The summed E-state index contributed by atoms with van der Waals surface area (Å²) in [4.78, 5) is 4.31. The Morgan fingerprint density at radius 3 is 2.75 bits per heavy atom. The largest absolute Gasteiger partial charge is 0.490 e. The quantitative estimate of drug-likeness (QED) is 0.771. The van der Waals surface area contributed by atoms with Crippen LogP contribution in [0.3, 0.4) is 0 Å². The Balaban J connectivity index is 1.73. The summed E-state index contributed by atoms with van der Waals surface area (Å²) in [5.41, 5.74) is 0.916. The van der Waals surface area contributed by atoms with Crippen molar-refractivity contribution in [1.29, 1.82) is 0 Å². The van der Waals surface area contributed by atoms with E-state index in [2.05, 4.69) is 11.9 Å². The monoisotopic (exact) mass is 289 g/mol. The molecule has 0 saturated heterocycles. The first kappa shape index (κ1) is 13.7. The number of halogens is 1. The van der Waals surface area contributed by atoms with Crippen LogP contribution in [0, 0.1) is 5.92 Å². The fraction of sp³-hybridized carbons (Fsp3) is 0.471. The molecule has 2 aromatic rings. The SMILES string of the molecule is CCC1CCC(Oc2ccc3nccc(Cl)c3c2)CC1. The Bertz CT molecular complexity index is 591. The topological polar surface area (TPSA) is 22.1 Å². The number of hydrogen-bond donors (Lipinski definition) is 0. The lowest BCUT2D eigenvalue weighted by Gasteiger charge is -2.28. The molecule has 0 radical (unpaired) electrons. The van der Waals surface area contributed by atoms with E-state index in [4.69, 9.17) is 16.3 Å². The van der Waals surface area contributed by atoms with Crippen LogP contribution in [-0.2, 0) is 0 Å². The molecule has 3 rings (SSSR count). The summed E-state index contributed by atoms with van der Waals surface area (Å²) in [6, 6.07) is 7.81. The van der Waals surface area contributed by atoms with E-state index in [0.29, 0.717) is 6.10 Å². The summed E-state index contributed by atoms with van der Waals surface area (Å²) in [5.74, 6) is 1.80. The maximum Gasteiger partial charge on any atom is 0.120 e. The van der Waals surface area contributed by atoms with Crippen molar-refractivity contribution in [3.8, 4) is 5.75 Å². The predicted octanol–water partition coefficient (Wildman–Crippen LogP) is 5.24. The van der Waals surface area contributed by atoms with Crippen LogP contribution in [0.5, 0.6) is 5.75 Å². The van der Waals surface area contributed by atoms with Gasteiger partial charge in [0.15, 0.2) is 0 Å². The minimum absolute atomic E-state index is 0.352. The second-order valence-corrected chi connectivity index (χ2v) is 6.05. The Kier molecular flexibility index (Phi) is 4.11. The van der Waals surface area contributed by atoms with Gasteiger partial charge in [-0.3, -0.25) is 4.98 Å². The van der Waals surface area contributed by atoms with Crippen LogP contribution in [0.1, 0.15) is 39.0 Å². The van der Waals surface area contributed by atoms with Gasteiger partial charge >= 0.3 is 0 Å². The van der Waals surface area contributed by atoms with Crippen molar-refractivity contribution >= 4 is 22.5 Å². The molecule has 1 aromatic carbocycles. The maximum absolute atomic E-state index is 6.21. The molecule has 3 heteroatoms. The highest BCUT2D eigenvalue weighted by atomic mass is 35.5. The van der Waals surface area contributed by atoms with Crippen molar-refractivity contribution in [3.05, 3.63) is 35.5 Å². The van der Waals surface area contributed by atoms with Gasteiger partial charge in [-0.2, -0.15) is 0 Å². The van der Waals surface area contributed by atoms with E-state index < -0.39 is 0 Å². The third kappa shape index (κ3) is 2.90. The molecule has 1 heterocycles. The minimum atomic E-state index is 0.352. The molecule has 0 amide bonds. The molecule has 0 aliphatic heterocycles. The zero-order valence-electron chi connectivity index (χ0n) is 11.8. The number of pyridine rings is 1. The molecule has 1 fully saturated rings. The summed E-state index contributed by atoms with van der Waals surface area (Å²) in [6.07, 6.45) is 8.29. The van der Waals surface area contributed by atoms with E-state index in [1.807, 2.05) is 24.3 Å². The lowest BCUT2D eigenvalue weighted by atomic mass is 9.86. The van der Waals surface area contributed by atoms with Crippen LogP contribution in [0.15, 0.2) is 30.5 Å². The molecule has 1 saturated carbocycles. The highest BCUT2D eigenvalue weighted by Crippen LogP contribution is 2.31. The number of fused-ring (bicyclic) bond motifs is 1. The molecular weight excluding hydrogens is 270 g/mol. The Hall–Kier alpha value is -1.28. The van der Waals surface area contributed by atoms with Gasteiger partial charge in [0.2, 0.25) is 0 Å². The molecule has 20 heavy (non-hydrogen) atoms. The number of aromatic nitrogens is 1. The van der Waals surface area contributed by atoms with E-state index in [1.165, 1.54) is 19.3 Å². The van der Waals surface area contributed by atoms with Crippen molar-refractivity contribution in [2.24, 2.45) is 5.92 Å². The van der Waals surface area contributed by atoms with Crippen LogP contribution in [0.25, 0.3) is 10.9 Å². The molecule has 106 valence electrons. The number of rotatable bonds is 3. The van der Waals surface area contributed by atoms with Gasteiger partial charge in [-0.25, -0.2) is 0 Å². The van der Waals surface area contributed by atoms with Crippen molar-refractivity contribution in [1.82, 2.24) is 4.98 Å². The lowest BCUT2D eigenvalue weighted by molar-refractivity contribution is 0.130. The molecule has 1 aliphatic carbocycles. The summed E-state index contributed by atoms with van der Waals surface area (Å²) in [6.45, 7) is 2.28. The standard InChI is InChI=1S/C17H20ClNO/c1-2-12-3-5-13(6-4-12)20-14-7-8-17-15(11-14)16(18)9-10-19-17/h7-13H,2-6H2,1H3. The summed E-state index contributed by atoms with van der Waals surface area (Å²) in [5, 5.41) is 1.70. The van der Waals surface area contributed by atoms with Crippen LogP contribution in [-0.4, -0.2) is 11.1 Å². The average Bonchev–Trinajstić information content (AvgIpc) is 2.49. The van der Waals surface area contributed by atoms with Crippen molar-refractivity contribution < 1.29 is 4.74 Å². The Morgan fingerprint density at radius 1 is 1.20 bits per heavy atom. The van der Waals surface area contributed by atoms with E-state index in [9.17, 15) is 0 Å². The van der Waals surface area contributed by atoms with Crippen LogP contribution < -0.4 is 4.74 Å². The first-order chi connectivity index (χ1) is 9.76. The van der Waals surface area contributed by atoms with Crippen molar-refractivity contribution in [3.63, 3.8) is 0 Å². The van der Waals surface area contributed by atoms with Crippen LogP contribution >= 0.6 is 11.6 Å². The zero-order chi connectivity index (χ0) is 13.9. The second kappa shape index (κ2) is 6.01. The van der Waals surface area contributed by atoms with Gasteiger partial charge in [-0.1, -0.05) is 24.9 Å². The van der Waals surface area contributed by atoms with E-state index >= 15 is 0 Å². The smallest absolute Gasteiger partial charge is 0.120 e. The summed E-state index contributed by atoms with van der Waals surface area (Å²) >= 11 is 6.21. The minimum Gasteiger partial charge on any atom is -0.490 e. The van der Waals surface area contributed by atoms with Gasteiger partial charge in [-0.15, -0.1) is 0 Å². The Labute approximate surface area is 125 Å². The summed E-state index contributed by atoms with van der Waals surface area (Å²) < 4.78 is 6.12. The van der Waals surface area contributed by atoms with E-state index in [-0.39, 0.29) is 0 Å². The molecule has 0 spiro atoms. The number of benzene rings is 1. The second-order valence-electron chi connectivity index (χ2n) is 5.64. The highest BCUT2D eigenvalue weighted by molar-refractivity contribution is 6.35. The summed E-state index contributed by atoms with van der Waals surface area (Å²) in [7, 11) is 0. The third-order valence-electron chi connectivity index (χ3n) is 4.33. The van der Waals surface area contributed by atoms with Crippen LogP contribution in [0.4, 0.5) is 0 Å². The number of nitrogens with zero attached hydrogens (tertiary/aromatic N) is 1. The first-order valence-corrected chi connectivity index (χ1v) is 7.85. The molecule has 2 nitrogen and oxygen atoms in total. The number of hydrogen-bond acceptors (Lipinski definition) is 2. The van der Waals surface area contributed by atoms with Crippen molar-refractivity contribution in [2.75, 3.05) is 0 Å². The predicted molar refractivity (Wildman–Crippen MR) is 83.4 cm³/mol. The van der Waals surface area contributed by atoms with Gasteiger partial charge < -0.3 is 4.74 Å². The van der Waals surface area contributed by atoms with Gasteiger partial charge in [0.1, 0.15) is 5.75 Å². The zero-order valence-corrected chi connectivity index (χ0v) is 12.6. The first-order valence-electron chi connectivity index (χ1n) is 7.47. The van der Waals surface area contributed by atoms with Gasteiger partial charge in [0.25, 0.3) is 0 Å². The number of ether oxygens (including phenoxy) is 1. The normalized spacial score (nSPS) is 22.9. The van der Waals surface area contributed by atoms with E-state index in [0.717, 1.165) is 40.4 Å². The third-order valence-corrected chi connectivity index (χ3v) is 4.66. The molecule has 0 bridgehead atoms. The molecular formula is C17H20ClNO. The molecule has 1 aliphatic rings.